The van der Waals surface area contributed by atoms with Gasteiger partial charge >= 0.3 is 0 Å². The van der Waals surface area contributed by atoms with Gasteiger partial charge in [-0.05, 0) is 37.1 Å². The number of nitrogens with one attached hydrogen (secondary N) is 1. The van der Waals surface area contributed by atoms with E-state index in [0.29, 0.717) is 6.42 Å². The molecule has 3 nitrogen and oxygen atoms in total. The van der Waals surface area contributed by atoms with Gasteiger partial charge < -0.3 is 9.80 Å². The van der Waals surface area contributed by atoms with Crippen LogP contribution in [0, 0.1) is 6.92 Å². The highest BCUT2D eigenvalue weighted by atomic mass is 16.1. The molecule has 0 radical (unpaired) electrons. The number of hydrogen-bond acceptors (Lipinski definition) is 1. The van der Waals surface area contributed by atoms with Crippen molar-refractivity contribution >= 4 is 17.7 Å². The molecule has 1 N–H and O–H groups in total. The number of amides is 1. The minimum atomic E-state index is -0.0386. The molecule has 0 heterocycles. The summed E-state index contributed by atoms with van der Waals surface area (Å²) >= 11 is 0. The van der Waals surface area contributed by atoms with Crippen LogP contribution in [0.15, 0.2) is 54.1 Å². The molecule has 2 aromatic rings. The lowest BCUT2D eigenvalue weighted by atomic mass is 10.1. The van der Waals surface area contributed by atoms with E-state index in [9.17, 15) is 4.79 Å². The van der Waals surface area contributed by atoms with Gasteiger partial charge in [0.2, 0.25) is 0 Å². The second-order valence-corrected chi connectivity index (χ2v) is 7.54. The molecule has 3 heteroatoms. The first-order valence-electron chi connectivity index (χ1n) is 8.75. The summed E-state index contributed by atoms with van der Waals surface area (Å²) in [5.74, 6) is -0.0386. The Morgan fingerprint density at radius 1 is 1.08 bits per heavy atom. The summed E-state index contributed by atoms with van der Waals surface area (Å²) in [6.07, 6.45) is 2.66. The molecule has 0 aliphatic heterocycles. The van der Waals surface area contributed by atoms with Crippen molar-refractivity contribution in [2.45, 2.75) is 26.8 Å². The minimum absolute atomic E-state index is 0.0386. The number of carbonyl (C=O) groups is 1. The van der Waals surface area contributed by atoms with Gasteiger partial charge in [-0.3, -0.25) is 4.79 Å². The second-order valence-electron chi connectivity index (χ2n) is 7.54. The smallest absolute Gasteiger partial charge is 0.251 e. The van der Waals surface area contributed by atoms with E-state index in [1.807, 2.05) is 37.3 Å². The molecule has 25 heavy (non-hydrogen) atoms. The SMILES string of the molecule is CCC(=Cc1cccc(C)c1)C(=O)Nc1ccc(C[N+](C)(C)C)cc1. The molecule has 2 aromatic carbocycles. The number of hydrogen-bond donors (Lipinski definition) is 1. The predicted molar refractivity (Wildman–Crippen MR) is 106 cm³/mol. The fourth-order valence-electron chi connectivity index (χ4n) is 2.74. The maximum atomic E-state index is 12.6. The largest absolute Gasteiger partial charge is 0.327 e. The van der Waals surface area contributed by atoms with Gasteiger partial charge in [-0.1, -0.05) is 48.9 Å². The highest BCUT2D eigenvalue weighted by molar-refractivity contribution is 6.06. The van der Waals surface area contributed by atoms with Gasteiger partial charge in [-0.15, -0.1) is 0 Å². The molecule has 0 saturated carbocycles. The third-order valence-corrected chi connectivity index (χ3v) is 3.92. The van der Waals surface area contributed by atoms with Gasteiger partial charge in [0.05, 0.1) is 21.1 Å². The fraction of sp³-hybridized carbons (Fsp3) is 0.318. The summed E-state index contributed by atoms with van der Waals surface area (Å²) < 4.78 is 0.880. The molecular formula is C22H29N2O+. The Morgan fingerprint density at radius 3 is 2.32 bits per heavy atom. The van der Waals surface area contributed by atoms with E-state index in [1.165, 1.54) is 11.1 Å². The number of benzene rings is 2. The highest BCUT2D eigenvalue weighted by Gasteiger charge is 2.10. The van der Waals surface area contributed by atoms with Crippen molar-refractivity contribution in [1.82, 2.24) is 0 Å². The van der Waals surface area contributed by atoms with Crippen molar-refractivity contribution in [3.63, 3.8) is 0 Å². The highest BCUT2D eigenvalue weighted by Crippen LogP contribution is 2.16. The van der Waals surface area contributed by atoms with Crippen molar-refractivity contribution in [1.29, 1.82) is 0 Å². The summed E-state index contributed by atoms with van der Waals surface area (Å²) in [4.78, 5) is 12.6. The van der Waals surface area contributed by atoms with Gasteiger partial charge in [-0.25, -0.2) is 0 Å². The molecule has 0 atom stereocenters. The van der Waals surface area contributed by atoms with Crippen molar-refractivity contribution < 1.29 is 9.28 Å². The summed E-state index contributed by atoms with van der Waals surface area (Å²) in [5.41, 5.74) is 5.12. The number of rotatable bonds is 6. The van der Waals surface area contributed by atoms with Crippen LogP contribution in [0.5, 0.6) is 0 Å². The third-order valence-electron chi connectivity index (χ3n) is 3.92. The van der Waals surface area contributed by atoms with Crippen LogP contribution in [0.25, 0.3) is 6.08 Å². The van der Waals surface area contributed by atoms with E-state index >= 15 is 0 Å². The van der Waals surface area contributed by atoms with Gasteiger partial charge in [0.15, 0.2) is 0 Å². The molecule has 0 fully saturated rings. The average Bonchev–Trinajstić information content (AvgIpc) is 2.53. The third kappa shape index (κ3) is 6.20. The summed E-state index contributed by atoms with van der Waals surface area (Å²) in [6.45, 7) is 5.02. The zero-order chi connectivity index (χ0) is 18.4. The van der Waals surface area contributed by atoms with Crippen LogP contribution in [0.4, 0.5) is 5.69 Å². The fourth-order valence-corrected chi connectivity index (χ4v) is 2.74. The van der Waals surface area contributed by atoms with Gasteiger partial charge in [0, 0.05) is 16.8 Å². The van der Waals surface area contributed by atoms with Crippen LogP contribution in [0.3, 0.4) is 0 Å². The molecule has 0 saturated heterocycles. The van der Waals surface area contributed by atoms with Crippen LogP contribution in [-0.2, 0) is 11.3 Å². The van der Waals surface area contributed by atoms with E-state index in [-0.39, 0.29) is 5.91 Å². The number of anilines is 1. The van der Waals surface area contributed by atoms with Gasteiger partial charge in [0.25, 0.3) is 5.91 Å². The molecule has 2 rings (SSSR count). The Kier molecular flexibility index (Phi) is 6.16. The van der Waals surface area contributed by atoms with E-state index < -0.39 is 0 Å². The van der Waals surface area contributed by atoms with Crippen LogP contribution in [-0.4, -0.2) is 31.5 Å². The molecular weight excluding hydrogens is 308 g/mol. The molecule has 0 aliphatic rings. The first-order valence-corrected chi connectivity index (χ1v) is 8.75. The Morgan fingerprint density at radius 2 is 1.76 bits per heavy atom. The van der Waals surface area contributed by atoms with Crippen molar-refractivity contribution in [3.8, 4) is 0 Å². The zero-order valence-electron chi connectivity index (χ0n) is 16.0. The average molecular weight is 337 g/mol. The zero-order valence-corrected chi connectivity index (χ0v) is 16.0. The van der Waals surface area contributed by atoms with Crippen LogP contribution < -0.4 is 5.32 Å². The summed E-state index contributed by atoms with van der Waals surface area (Å²) in [6, 6.07) is 16.3. The number of aryl methyl sites for hydroxylation is 1. The monoisotopic (exact) mass is 337 g/mol. The van der Waals surface area contributed by atoms with E-state index in [4.69, 9.17) is 0 Å². The molecule has 0 aliphatic carbocycles. The van der Waals surface area contributed by atoms with Crippen LogP contribution in [0.1, 0.15) is 30.0 Å². The summed E-state index contributed by atoms with van der Waals surface area (Å²) in [7, 11) is 6.50. The maximum absolute atomic E-state index is 12.6. The normalized spacial score (nSPS) is 12.1. The van der Waals surface area contributed by atoms with Crippen molar-refractivity contribution in [2.24, 2.45) is 0 Å². The number of carbonyl (C=O) groups excluding carboxylic acids is 1. The summed E-state index contributed by atoms with van der Waals surface area (Å²) in [5, 5.41) is 3.01. The lowest BCUT2D eigenvalue weighted by Gasteiger charge is -2.23. The topological polar surface area (TPSA) is 29.1 Å². The first-order chi connectivity index (χ1) is 11.8. The van der Waals surface area contributed by atoms with E-state index in [0.717, 1.165) is 27.9 Å². The second kappa shape index (κ2) is 8.13. The van der Waals surface area contributed by atoms with E-state index in [1.54, 1.807) is 0 Å². The van der Waals surface area contributed by atoms with Crippen molar-refractivity contribution in [2.75, 3.05) is 26.5 Å². The lowest BCUT2D eigenvalue weighted by molar-refractivity contribution is -0.884. The Balaban J connectivity index is 2.09. The molecule has 132 valence electrons. The Hall–Kier alpha value is -2.39. The van der Waals surface area contributed by atoms with E-state index in [2.05, 4.69) is 57.6 Å². The predicted octanol–water partition coefficient (Wildman–Crippen LogP) is 4.63. The van der Waals surface area contributed by atoms with Crippen LogP contribution >= 0.6 is 0 Å². The van der Waals surface area contributed by atoms with Gasteiger partial charge in [-0.2, -0.15) is 0 Å². The standard InChI is InChI=1S/C22H28N2O/c1-6-20(15-19-9-7-8-17(2)14-19)22(25)23-21-12-10-18(11-13-21)16-24(3,4)5/h7-15H,6,16H2,1-5H3/p+1. The molecule has 1 amide bonds. The quantitative estimate of drug-likeness (QED) is 0.604. The maximum Gasteiger partial charge on any atom is 0.251 e. The Bertz CT molecular complexity index is 752. The Labute approximate surface area is 151 Å². The first kappa shape index (κ1) is 18.9. The number of nitrogens with zero attached hydrogens (tertiary/aromatic N) is 1. The van der Waals surface area contributed by atoms with Crippen molar-refractivity contribution in [3.05, 3.63) is 70.8 Å². The molecule has 0 spiro atoms. The lowest BCUT2D eigenvalue weighted by Crippen LogP contribution is -2.33. The molecule has 0 aromatic heterocycles. The molecule has 0 unspecified atom stereocenters. The van der Waals surface area contributed by atoms with Gasteiger partial charge in [0.1, 0.15) is 6.54 Å². The molecule has 0 bridgehead atoms. The van der Waals surface area contributed by atoms with Crippen LogP contribution in [0.2, 0.25) is 0 Å². The minimum Gasteiger partial charge on any atom is -0.327 e. The number of quaternary nitrogens is 1.